The van der Waals surface area contributed by atoms with Crippen LogP contribution in [-0.4, -0.2) is 59.6 Å². The zero-order valence-corrected chi connectivity index (χ0v) is 16.5. The average molecular weight is 449 g/mol. The van der Waals surface area contributed by atoms with Crippen LogP contribution in [0.3, 0.4) is 0 Å². The number of halogens is 3. The molecule has 1 aromatic carbocycles. The molecule has 0 aliphatic carbocycles. The van der Waals surface area contributed by atoms with Gasteiger partial charge in [-0.25, -0.2) is 14.4 Å². The summed E-state index contributed by atoms with van der Waals surface area (Å²) in [7, 11) is 0. The number of benzene rings is 1. The summed E-state index contributed by atoms with van der Waals surface area (Å²) < 4.78 is 57.2. The lowest BCUT2D eigenvalue weighted by Gasteiger charge is -2.46. The van der Waals surface area contributed by atoms with Crippen molar-refractivity contribution < 1.29 is 41.4 Å². The number of rotatable bonds is 7. The smallest absolute Gasteiger partial charge is 0.416 e. The summed E-state index contributed by atoms with van der Waals surface area (Å²) in [5.74, 6) is -2.99. The molecule has 4 atom stereocenters. The zero-order valence-electron chi connectivity index (χ0n) is 15.7. The van der Waals surface area contributed by atoms with Crippen LogP contribution in [0.2, 0.25) is 0 Å². The fourth-order valence-electron chi connectivity index (χ4n) is 2.93. The molecule has 1 saturated heterocycles. The minimum Gasteiger partial charge on any atom is -0.480 e. The lowest BCUT2D eigenvalue weighted by molar-refractivity contribution is -0.161. The maximum absolute atomic E-state index is 12.6. The van der Waals surface area contributed by atoms with E-state index in [-0.39, 0.29) is 12.0 Å². The van der Waals surface area contributed by atoms with Crippen LogP contribution in [0.5, 0.6) is 0 Å². The van der Waals surface area contributed by atoms with Gasteiger partial charge in [-0.2, -0.15) is 18.3 Å². The highest BCUT2D eigenvalue weighted by molar-refractivity contribution is 7.81. The Morgan fingerprint density at radius 2 is 1.90 bits per heavy atom. The van der Waals surface area contributed by atoms with Crippen molar-refractivity contribution in [3.8, 4) is 0 Å². The van der Waals surface area contributed by atoms with Gasteiger partial charge in [0.05, 0.1) is 5.56 Å². The van der Waals surface area contributed by atoms with Gasteiger partial charge in [0.25, 0.3) is 5.91 Å². The van der Waals surface area contributed by atoms with Crippen LogP contribution in [0, 0.1) is 0 Å². The van der Waals surface area contributed by atoms with Gasteiger partial charge < -0.3 is 14.6 Å². The van der Waals surface area contributed by atoms with E-state index in [0.717, 1.165) is 30.2 Å². The van der Waals surface area contributed by atoms with Gasteiger partial charge in [-0.05, 0) is 38.1 Å². The number of amides is 2. The number of aliphatic carboxylic acids is 1. The van der Waals surface area contributed by atoms with Crippen LogP contribution in [0.1, 0.15) is 36.2 Å². The van der Waals surface area contributed by atoms with E-state index >= 15 is 0 Å². The van der Waals surface area contributed by atoms with E-state index in [1.54, 1.807) is 6.92 Å². The number of nitrogens with zero attached hydrogens (tertiary/aromatic N) is 2. The molecule has 9 nitrogen and oxygen atoms in total. The molecule has 13 heteroatoms. The Balaban J connectivity index is 2.21. The molecule has 1 aromatic rings. The minimum atomic E-state index is -4.57. The molecule has 1 unspecified atom stereocenters. The molecule has 3 N–H and O–H groups in total. The third kappa shape index (κ3) is 4.67. The number of hydrazone groups is 1. The number of hydrogen-bond acceptors (Lipinski definition) is 5. The highest BCUT2D eigenvalue weighted by atomic mass is 32.2. The van der Waals surface area contributed by atoms with Crippen molar-refractivity contribution in [2.24, 2.45) is 5.10 Å². The van der Waals surface area contributed by atoms with E-state index < -0.39 is 57.4 Å². The summed E-state index contributed by atoms with van der Waals surface area (Å²) in [4.78, 5) is 36.5. The molecule has 0 spiro atoms. The number of nitrogens with one attached hydrogen (secondary N) is 1. The number of hydrogen-bond donors (Lipinski definition) is 3. The van der Waals surface area contributed by atoms with E-state index in [9.17, 15) is 41.4 Å². The Morgan fingerprint density at radius 3 is 2.30 bits per heavy atom. The van der Waals surface area contributed by atoms with Crippen LogP contribution in [0.15, 0.2) is 29.4 Å². The molecule has 0 saturated carbocycles. The van der Waals surface area contributed by atoms with Gasteiger partial charge in [0.2, 0.25) is 5.91 Å². The SMILES string of the molecule is C[C@@H]1CC(=O)N1[C@@H](C(=O)O)[C@](C)(/C=N/NC(=O)c1ccc(C(F)(F)F)cc1)S(=O)O. The minimum absolute atomic E-state index is 0.0831. The Bertz CT molecular complexity index is 905. The monoisotopic (exact) mass is 449 g/mol. The number of carbonyl (C=O) groups excluding carboxylic acids is 2. The van der Waals surface area contributed by atoms with Crippen molar-refractivity contribution in [1.29, 1.82) is 0 Å². The summed E-state index contributed by atoms with van der Waals surface area (Å²) in [5.41, 5.74) is 0.838. The zero-order chi connectivity index (χ0) is 22.9. The van der Waals surface area contributed by atoms with E-state index in [1.807, 2.05) is 5.43 Å². The molecule has 1 aliphatic heterocycles. The van der Waals surface area contributed by atoms with Gasteiger partial charge in [0.1, 0.15) is 4.75 Å². The first-order valence-corrected chi connectivity index (χ1v) is 9.56. The van der Waals surface area contributed by atoms with E-state index in [2.05, 4.69) is 5.10 Å². The summed E-state index contributed by atoms with van der Waals surface area (Å²) in [6, 6.07) is 1.02. The second-order valence-corrected chi connectivity index (χ2v) is 8.18. The molecular weight excluding hydrogens is 431 g/mol. The largest absolute Gasteiger partial charge is 0.480 e. The molecule has 164 valence electrons. The first-order valence-electron chi connectivity index (χ1n) is 8.45. The van der Waals surface area contributed by atoms with E-state index in [1.165, 1.54) is 0 Å². The van der Waals surface area contributed by atoms with Crippen LogP contribution in [-0.2, 0) is 26.8 Å². The van der Waals surface area contributed by atoms with Gasteiger partial charge in [0.15, 0.2) is 17.1 Å². The van der Waals surface area contributed by atoms with Crippen molar-refractivity contribution in [1.82, 2.24) is 10.3 Å². The molecule has 1 aliphatic rings. The number of alkyl halides is 3. The van der Waals surface area contributed by atoms with Gasteiger partial charge in [-0.15, -0.1) is 0 Å². The van der Waals surface area contributed by atoms with Crippen LogP contribution in [0.4, 0.5) is 13.2 Å². The van der Waals surface area contributed by atoms with Crippen molar-refractivity contribution in [2.75, 3.05) is 0 Å². The molecule has 2 amide bonds. The normalized spacial score (nSPS) is 20.9. The van der Waals surface area contributed by atoms with Crippen LogP contribution >= 0.6 is 0 Å². The molecule has 0 bridgehead atoms. The molecule has 2 rings (SSSR count). The number of carboxylic acid groups (broad SMARTS) is 1. The molecule has 0 aromatic heterocycles. The molecule has 1 fully saturated rings. The lowest BCUT2D eigenvalue weighted by atomic mass is 9.92. The van der Waals surface area contributed by atoms with Crippen molar-refractivity contribution in [2.45, 2.75) is 43.3 Å². The second-order valence-electron chi connectivity index (χ2n) is 6.80. The fraction of sp³-hybridized carbons (Fsp3) is 0.412. The van der Waals surface area contributed by atoms with E-state index in [4.69, 9.17) is 0 Å². The standard InChI is InChI=1S/C17H18F3N3O6S/c1-9-7-12(24)23(9)13(15(26)27)16(2,30(28)29)8-21-22-14(25)10-3-5-11(6-4-10)17(18,19)20/h3-6,8-9,13H,7H2,1-2H3,(H,22,25)(H,26,27)(H,28,29)/b21-8+/t9-,13+,16+/m1/s1. The highest BCUT2D eigenvalue weighted by Crippen LogP contribution is 2.31. The fourth-order valence-corrected chi connectivity index (χ4v) is 3.48. The lowest BCUT2D eigenvalue weighted by Crippen LogP contribution is -2.67. The van der Waals surface area contributed by atoms with E-state index in [0.29, 0.717) is 12.1 Å². The van der Waals surface area contributed by atoms with Gasteiger partial charge in [-0.3, -0.25) is 9.59 Å². The number of β-lactam (4-membered cyclic amide) rings is 1. The summed E-state index contributed by atoms with van der Waals surface area (Å²) in [6.07, 6.45) is -3.76. The Labute approximate surface area is 171 Å². The number of carboxylic acids is 1. The summed E-state index contributed by atoms with van der Waals surface area (Å²) in [6.45, 7) is 2.65. The first kappa shape index (κ1) is 23.5. The highest BCUT2D eigenvalue weighted by Gasteiger charge is 2.53. The van der Waals surface area contributed by atoms with Crippen LogP contribution < -0.4 is 5.43 Å². The molecule has 1 heterocycles. The van der Waals surface area contributed by atoms with Gasteiger partial charge in [-0.1, -0.05) is 0 Å². The quantitative estimate of drug-likeness (QED) is 0.250. The van der Waals surface area contributed by atoms with Crippen LogP contribution in [0.25, 0.3) is 0 Å². The Morgan fingerprint density at radius 1 is 1.33 bits per heavy atom. The molecule has 0 radical (unpaired) electrons. The Hall–Kier alpha value is -2.80. The number of carbonyl (C=O) groups is 3. The molecule has 30 heavy (non-hydrogen) atoms. The second kappa shape index (κ2) is 8.52. The topological polar surface area (TPSA) is 136 Å². The van der Waals surface area contributed by atoms with Gasteiger partial charge >= 0.3 is 12.1 Å². The average Bonchev–Trinajstić information content (AvgIpc) is 2.64. The van der Waals surface area contributed by atoms with Crippen molar-refractivity contribution in [3.63, 3.8) is 0 Å². The number of likely N-dealkylation sites (tertiary alicyclic amines) is 1. The van der Waals surface area contributed by atoms with Crippen molar-refractivity contribution in [3.05, 3.63) is 35.4 Å². The maximum Gasteiger partial charge on any atom is 0.416 e. The predicted octanol–water partition coefficient (Wildman–Crippen LogP) is 1.48. The summed E-state index contributed by atoms with van der Waals surface area (Å²) in [5, 5.41) is 13.0. The predicted molar refractivity (Wildman–Crippen MR) is 98.9 cm³/mol. The van der Waals surface area contributed by atoms with Gasteiger partial charge in [0, 0.05) is 24.2 Å². The maximum atomic E-state index is 12.6. The first-order chi connectivity index (χ1) is 13.8. The Kier molecular flexibility index (Phi) is 6.67. The van der Waals surface area contributed by atoms with Crippen molar-refractivity contribution >= 4 is 35.1 Å². The third-order valence-electron chi connectivity index (χ3n) is 4.63. The summed E-state index contributed by atoms with van der Waals surface area (Å²) >= 11 is -2.81. The molecular formula is C17H18F3N3O6S. The third-order valence-corrected chi connectivity index (χ3v) is 5.71.